The van der Waals surface area contributed by atoms with Crippen LogP contribution in [0.5, 0.6) is 5.75 Å². The van der Waals surface area contributed by atoms with E-state index < -0.39 is 0 Å². The van der Waals surface area contributed by atoms with Crippen LogP contribution in [-0.2, 0) is 13.7 Å². The first-order valence-electron chi connectivity index (χ1n) is 14.8. The van der Waals surface area contributed by atoms with Gasteiger partial charge in [-0.1, -0.05) is 20.8 Å². The van der Waals surface area contributed by atoms with Crippen LogP contribution in [0.1, 0.15) is 46.4 Å². The van der Waals surface area contributed by atoms with Gasteiger partial charge in [-0.3, -0.25) is 9.36 Å². The number of ether oxygens (including phenoxy) is 1. The minimum atomic E-state index is -0.328. The maximum atomic E-state index is 13.3. The van der Waals surface area contributed by atoms with E-state index in [2.05, 4.69) is 43.2 Å². The van der Waals surface area contributed by atoms with Crippen LogP contribution in [0.15, 0.2) is 52.3 Å². The van der Waals surface area contributed by atoms with E-state index >= 15 is 0 Å². The maximum Gasteiger partial charge on any atom is 0.261 e. The number of fused-ring (bicyclic) bond motifs is 3. The summed E-state index contributed by atoms with van der Waals surface area (Å²) in [5.41, 5.74) is 1.72. The number of guanidine groups is 1. The smallest absolute Gasteiger partial charge is 0.261 e. The first-order valence-corrected chi connectivity index (χ1v) is 14.8. The highest BCUT2D eigenvalue weighted by molar-refractivity contribution is 5.96. The van der Waals surface area contributed by atoms with Gasteiger partial charge in [0, 0.05) is 38.4 Å². The van der Waals surface area contributed by atoms with E-state index in [-0.39, 0.29) is 18.0 Å². The van der Waals surface area contributed by atoms with E-state index in [1.807, 2.05) is 18.2 Å². The van der Waals surface area contributed by atoms with Gasteiger partial charge in [0.2, 0.25) is 0 Å². The van der Waals surface area contributed by atoms with Crippen molar-refractivity contribution in [2.75, 3.05) is 25.0 Å². The van der Waals surface area contributed by atoms with Crippen molar-refractivity contribution in [3.63, 3.8) is 0 Å². The molecule has 1 aliphatic heterocycles. The van der Waals surface area contributed by atoms with Crippen molar-refractivity contribution < 1.29 is 9.13 Å². The van der Waals surface area contributed by atoms with Gasteiger partial charge >= 0.3 is 0 Å². The number of nitrogens with zero attached hydrogens (tertiary/aromatic N) is 4. The van der Waals surface area contributed by atoms with E-state index in [9.17, 15) is 9.18 Å². The Hall–Kier alpha value is -3.46. The van der Waals surface area contributed by atoms with Crippen molar-refractivity contribution >= 4 is 22.5 Å². The van der Waals surface area contributed by atoms with Gasteiger partial charge in [0.1, 0.15) is 24.0 Å². The average Bonchev–Trinajstić information content (AvgIpc) is 2.95. The fourth-order valence-corrected chi connectivity index (χ4v) is 7.10. The van der Waals surface area contributed by atoms with Crippen molar-refractivity contribution in [3.05, 3.63) is 64.5 Å². The molecule has 4 aliphatic rings. The Balaban J connectivity index is 1.28. The van der Waals surface area contributed by atoms with Crippen LogP contribution < -0.4 is 20.9 Å². The van der Waals surface area contributed by atoms with Gasteiger partial charge in [-0.2, -0.15) is 0 Å². The third-order valence-electron chi connectivity index (χ3n) is 9.88. The molecular formula is C32H41FN6O2. The quantitative estimate of drug-likeness (QED) is 0.345. The number of nitrogens with one attached hydrogen (secondary N) is 2. The highest BCUT2D eigenvalue weighted by Crippen LogP contribution is 2.61. The topological polar surface area (TPSA) is 83.8 Å². The molecule has 218 valence electrons. The van der Waals surface area contributed by atoms with Gasteiger partial charge < -0.3 is 20.3 Å². The van der Waals surface area contributed by atoms with E-state index in [0.717, 1.165) is 49.5 Å². The summed E-state index contributed by atoms with van der Waals surface area (Å²) in [6.45, 7) is 12.2. The summed E-state index contributed by atoms with van der Waals surface area (Å²) in [4.78, 5) is 25.7. The Morgan fingerprint density at radius 1 is 1.20 bits per heavy atom. The highest BCUT2D eigenvalue weighted by atomic mass is 19.1. The lowest BCUT2D eigenvalue weighted by atomic mass is 9.45. The maximum absolute atomic E-state index is 13.3. The fourth-order valence-electron chi connectivity index (χ4n) is 7.10. The molecule has 2 bridgehead atoms. The van der Waals surface area contributed by atoms with Crippen molar-refractivity contribution in [2.24, 2.45) is 35.2 Å². The molecule has 1 aromatic heterocycles. The molecule has 9 heteroatoms. The molecule has 0 spiro atoms. The van der Waals surface area contributed by atoms with Crippen LogP contribution in [0, 0.1) is 29.0 Å². The lowest BCUT2D eigenvalue weighted by molar-refractivity contribution is -0.108. The van der Waals surface area contributed by atoms with Gasteiger partial charge in [0.15, 0.2) is 5.96 Å². The largest absolute Gasteiger partial charge is 0.486 e. The zero-order chi connectivity index (χ0) is 28.9. The van der Waals surface area contributed by atoms with Gasteiger partial charge in [-0.15, -0.1) is 0 Å². The summed E-state index contributed by atoms with van der Waals surface area (Å²) < 4.78 is 20.6. The number of halogens is 1. The Labute approximate surface area is 241 Å². The normalized spacial score (nSPS) is 27.4. The van der Waals surface area contributed by atoms with Crippen LogP contribution >= 0.6 is 0 Å². The molecule has 5 atom stereocenters. The number of hydrogen-bond acceptors (Lipinski definition) is 5. The molecule has 0 radical (unpaired) electrons. The Kier molecular flexibility index (Phi) is 7.26. The van der Waals surface area contributed by atoms with Gasteiger partial charge in [-0.25, -0.2) is 14.4 Å². The second-order valence-corrected chi connectivity index (χ2v) is 12.8. The SMILES string of the molecule is C[C@@H]1C(/N=C(/Nc2ccc3c(=O)n(C)c(COc4ccc(F)cc4)nc3c2)N2CCN[C@@H](C)C2)C[C@H]2C[C@@H]1C2(C)C. The number of anilines is 1. The minimum absolute atomic E-state index is 0.0919. The van der Waals surface area contributed by atoms with Gasteiger partial charge in [0.05, 0.1) is 16.9 Å². The van der Waals surface area contributed by atoms with Crippen LogP contribution in [-0.4, -0.2) is 52.1 Å². The van der Waals surface area contributed by atoms with Crippen LogP contribution in [0.2, 0.25) is 0 Å². The van der Waals surface area contributed by atoms with Gasteiger partial charge in [-0.05, 0) is 85.4 Å². The minimum Gasteiger partial charge on any atom is -0.486 e. The zero-order valence-corrected chi connectivity index (χ0v) is 24.7. The summed E-state index contributed by atoms with van der Waals surface area (Å²) >= 11 is 0. The average molecular weight is 561 g/mol. The van der Waals surface area contributed by atoms with E-state index in [0.29, 0.717) is 45.9 Å². The second kappa shape index (κ2) is 10.7. The van der Waals surface area contributed by atoms with Gasteiger partial charge in [0.25, 0.3) is 5.56 Å². The Morgan fingerprint density at radius 2 is 1.98 bits per heavy atom. The first kappa shape index (κ1) is 27.7. The molecule has 0 amide bonds. The predicted molar refractivity (Wildman–Crippen MR) is 161 cm³/mol. The summed E-state index contributed by atoms with van der Waals surface area (Å²) in [5, 5.41) is 7.71. The molecular weight excluding hydrogens is 519 g/mol. The Morgan fingerprint density at radius 3 is 2.68 bits per heavy atom. The molecule has 41 heavy (non-hydrogen) atoms. The lowest BCUT2D eigenvalue weighted by Gasteiger charge is -2.61. The monoisotopic (exact) mass is 560 g/mol. The standard InChI is InChI=1S/C32H41FN6O2/c1-19-17-39(13-12-34-19)31(37-27-15-21-14-26(20(27)2)32(21,3)4)35-23-8-11-25-28(16-23)36-29(38(5)30(25)40)18-41-24-9-6-22(33)7-10-24/h6-11,16,19-21,26-27,34H,12-15,17-18H2,1-5H3,(H,35,37)/t19-,20-,21+,26-,27?/m0/s1. The molecule has 3 aromatic rings. The number of aliphatic imine (C=N–C) groups is 1. The summed E-state index contributed by atoms with van der Waals surface area (Å²) in [6, 6.07) is 12.2. The lowest BCUT2D eigenvalue weighted by Crippen LogP contribution is -2.57. The van der Waals surface area contributed by atoms with Crippen molar-refractivity contribution in [1.29, 1.82) is 0 Å². The molecule has 2 N–H and O–H groups in total. The molecule has 7 rings (SSSR count). The van der Waals surface area contributed by atoms with Crippen LogP contribution in [0.25, 0.3) is 10.9 Å². The van der Waals surface area contributed by atoms with Crippen molar-refractivity contribution in [1.82, 2.24) is 19.8 Å². The number of hydrogen-bond donors (Lipinski definition) is 2. The molecule has 2 heterocycles. The Bertz CT molecular complexity index is 1520. The van der Waals surface area contributed by atoms with Crippen molar-refractivity contribution in [2.45, 2.75) is 59.2 Å². The molecule has 8 nitrogen and oxygen atoms in total. The zero-order valence-electron chi connectivity index (χ0n) is 24.7. The third-order valence-corrected chi connectivity index (χ3v) is 9.88. The fraction of sp³-hybridized carbons (Fsp3) is 0.531. The van der Waals surface area contributed by atoms with E-state index in [4.69, 9.17) is 14.7 Å². The van der Waals surface area contributed by atoms with Crippen LogP contribution in [0.4, 0.5) is 10.1 Å². The van der Waals surface area contributed by atoms with E-state index in [1.165, 1.54) is 23.1 Å². The number of rotatable bonds is 5. The second-order valence-electron chi connectivity index (χ2n) is 12.8. The molecule has 3 saturated carbocycles. The number of benzene rings is 2. The molecule has 3 aliphatic carbocycles. The predicted octanol–water partition coefficient (Wildman–Crippen LogP) is 4.78. The number of piperazine rings is 1. The third kappa shape index (κ3) is 5.32. The summed E-state index contributed by atoms with van der Waals surface area (Å²) in [5.74, 6) is 3.57. The number of aromatic nitrogens is 2. The molecule has 4 fully saturated rings. The summed E-state index contributed by atoms with van der Waals surface area (Å²) in [6.07, 6.45) is 2.45. The van der Waals surface area contributed by atoms with Crippen molar-refractivity contribution in [3.8, 4) is 5.75 Å². The molecule has 1 unspecified atom stereocenters. The highest BCUT2D eigenvalue weighted by Gasteiger charge is 2.56. The molecule has 1 saturated heterocycles. The molecule has 2 aromatic carbocycles. The first-order chi connectivity index (χ1) is 19.6. The van der Waals surface area contributed by atoms with Crippen LogP contribution in [0.3, 0.4) is 0 Å². The summed E-state index contributed by atoms with van der Waals surface area (Å²) in [7, 11) is 1.69. The van der Waals surface area contributed by atoms with E-state index in [1.54, 1.807) is 19.2 Å².